The lowest BCUT2D eigenvalue weighted by Gasteiger charge is -2.31. The van der Waals surface area contributed by atoms with Gasteiger partial charge >= 0.3 is 0 Å². The standard InChI is InChI=1S/C21H22N4O2/c1-25-18-9-5-2-6-15(18)14(12-21(25)27)13-22-20(26)11-10-19-23-16-7-3-4-8-17(16)24-19/h2-9,14H,10-13H2,1H3,(H,22,26)(H,23,24)/t14-/m0/s1. The van der Waals surface area contributed by atoms with E-state index in [-0.39, 0.29) is 17.7 Å². The number of hydrogen-bond donors (Lipinski definition) is 2. The Morgan fingerprint density at radius 2 is 2.00 bits per heavy atom. The second kappa shape index (κ2) is 7.23. The van der Waals surface area contributed by atoms with Gasteiger partial charge in [-0.25, -0.2) is 4.98 Å². The van der Waals surface area contributed by atoms with Crippen LogP contribution in [0.3, 0.4) is 0 Å². The zero-order valence-corrected chi connectivity index (χ0v) is 15.2. The fourth-order valence-electron chi connectivity index (χ4n) is 3.59. The quantitative estimate of drug-likeness (QED) is 0.733. The van der Waals surface area contributed by atoms with Crippen LogP contribution in [-0.2, 0) is 16.0 Å². The normalized spacial score (nSPS) is 16.4. The van der Waals surface area contributed by atoms with Crippen molar-refractivity contribution >= 4 is 28.5 Å². The molecule has 6 heteroatoms. The van der Waals surface area contributed by atoms with Crippen LogP contribution >= 0.6 is 0 Å². The zero-order chi connectivity index (χ0) is 18.8. The molecule has 1 aromatic heterocycles. The van der Waals surface area contributed by atoms with E-state index in [1.54, 1.807) is 11.9 Å². The minimum atomic E-state index is -0.0284. The number of hydrogen-bond acceptors (Lipinski definition) is 3. The number of H-pyrrole nitrogens is 1. The molecule has 0 saturated carbocycles. The number of carbonyl (C=O) groups excluding carboxylic acids is 2. The van der Waals surface area contributed by atoms with Crippen molar-refractivity contribution in [2.24, 2.45) is 0 Å². The fourth-order valence-corrected chi connectivity index (χ4v) is 3.59. The number of aromatic amines is 1. The molecule has 4 rings (SSSR count). The Balaban J connectivity index is 1.35. The maximum atomic E-state index is 12.3. The van der Waals surface area contributed by atoms with Crippen molar-refractivity contribution in [1.29, 1.82) is 0 Å². The average molecular weight is 362 g/mol. The molecule has 1 atom stereocenters. The lowest BCUT2D eigenvalue weighted by molar-refractivity contribution is -0.122. The maximum Gasteiger partial charge on any atom is 0.227 e. The van der Waals surface area contributed by atoms with Crippen LogP contribution in [0.4, 0.5) is 5.69 Å². The van der Waals surface area contributed by atoms with Crippen molar-refractivity contribution in [2.45, 2.75) is 25.2 Å². The lowest BCUT2D eigenvalue weighted by Crippen LogP contribution is -2.37. The minimum absolute atomic E-state index is 0.0139. The molecule has 1 aliphatic heterocycles. The first-order valence-corrected chi connectivity index (χ1v) is 9.17. The largest absolute Gasteiger partial charge is 0.355 e. The van der Waals surface area contributed by atoms with Gasteiger partial charge in [-0.05, 0) is 23.8 Å². The molecule has 2 amide bonds. The highest BCUT2D eigenvalue weighted by Gasteiger charge is 2.28. The highest BCUT2D eigenvalue weighted by molar-refractivity contribution is 5.96. The molecule has 3 aromatic rings. The van der Waals surface area contributed by atoms with E-state index in [4.69, 9.17) is 0 Å². The Hall–Kier alpha value is -3.15. The van der Waals surface area contributed by atoms with E-state index in [1.807, 2.05) is 48.5 Å². The number of nitrogens with zero attached hydrogens (tertiary/aromatic N) is 2. The van der Waals surface area contributed by atoms with E-state index in [1.165, 1.54) is 0 Å². The second-order valence-corrected chi connectivity index (χ2v) is 6.92. The summed E-state index contributed by atoms with van der Waals surface area (Å²) < 4.78 is 0. The zero-order valence-electron chi connectivity index (χ0n) is 15.2. The van der Waals surface area contributed by atoms with Crippen molar-refractivity contribution in [3.63, 3.8) is 0 Å². The van der Waals surface area contributed by atoms with Gasteiger partial charge < -0.3 is 15.2 Å². The summed E-state index contributed by atoms with van der Waals surface area (Å²) in [5, 5.41) is 2.98. The van der Waals surface area contributed by atoms with Crippen LogP contribution in [0.25, 0.3) is 11.0 Å². The number of amides is 2. The molecule has 0 aliphatic carbocycles. The highest BCUT2D eigenvalue weighted by atomic mass is 16.2. The van der Waals surface area contributed by atoms with Crippen LogP contribution in [0, 0.1) is 0 Å². The van der Waals surface area contributed by atoms with E-state index >= 15 is 0 Å². The molecule has 0 spiro atoms. The number of imidazole rings is 1. The molecule has 2 aromatic carbocycles. The summed E-state index contributed by atoms with van der Waals surface area (Å²) in [6.45, 7) is 0.468. The predicted molar refractivity (Wildman–Crippen MR) is 105 cm³/mol. The molecule has 0 fully saturated rings. The third kappa shape index (κ3) is 3.56. The molecule has 0 saturated heterocycles. The Kier molecular flexibility index (Phi) is 4.62. The first kappa shape index (κ1) is 17.3. The molecular formula is C21H22N4O2. The molecule has 27 heavy (non-hydrogen) atoms. The molecule has 0 unspecified atom stereocenters. The smallest absolute Gasteiger partial charge is 0.227 e. The van der Waals surface area contributed by atoms with Crippen LogP contribution in [0.1, 0.15) is 30.1 Å². The number of nitrogens with one attached hydrogen (secondary N) is 2. The van der Waals surface area contributed by atoms with Crippen LogP contribution in [0.5, 0.6) is 0 Å². The van der Waals surface area contributed by atoms with E-state index in [0.717, 1.165) is 28.1 Å². The molecule has 6 nitrogen and oxygen atoms in total. The number of aryl methyl sites for hydroxylation is 1. The number of carbonyl (C=O) groups is 2. The Morgan fingerprint density at radius 3 is 2.85 bits per heavy atom. The number of rotatable bonds is 5. The third-order valence-electron chi connectivity index (χ3n) is 5.11. The Morgan fingerprint density at radius 1 is 1.22 bits per heavy atom. The van der Waals surface area contributed by atoms with Gasteiger partial charge in [-0.15, -0.1) is 0 Å². The average Bonchev–Trinajstić information content (AvgIpc) is 3.11. The molecular weight excluding hydrogens is 340 g/mol. The lowest BCUT2D eigenvalue weighted by atomic mass is 9.89. The fraction of sp³-hybridized carbons (Fsp3) is 0.286. The van der Waals surface area contributed by atoms with Crippen molar-refractivity contribution in [1.82, 2.24) is 15.3 Å². The summed E-state index contributed by atoms with van der Waals surface area (Å²) in [5.74, 6) is 0.876. The first-order valence-electron chi connectivity index (χ1n) is 9.17. The van der Waals surface area contributed by atoms with Gasteiger partial charge in [0.05, 0.1) is 11.0 Å². The summed E-state index contributed by atoms with van der Waals surface area (Å²) in [6.07, 6.45) is 1.34. The topological polar surface area (TPSA) is 78.1 Å². The van der Waals surface area contributed by atoms with E-state index < -0.39 is 0 Å². The number of anilines is 1. The third-order valence-corrected chi connectivity index (χ3v) is 5.11. The number of para-hydroxylation sites is 3. The van der Waals surface area contributed by atoms with Gasteiger partial charge in [-0.1, -0.05) is 30.3 Å². The maximum absolute atomic E-state index is 12.3. The van der Waals surface area contributed by atoms with Gasteiger partial charge in [-0.3, -0.25) is 9.59 Å². The van der Waals surface area contributed by atoms with Crippen molar-refractivity contribution in [3.8, 4) is 0 Å². The summed E-state index contributed by atoms with van der Waals surface area (Å²) in [4.78, 5) is 33.9. The molecule has 1 aliphatic rings. The molecule has 138 valence electrons. The van der Waals surface area contributed by atoms with Gasteiger partial charge in [0.25, 0.3) is 0 Å². The number of benzene rings is 2. The van der Waals surface area contributed by atoms with Gasteiger partial charge in [-0.2, -0.15) is 0 Å². The van der Waals surface area contributed by atoms with Gasteiger partial charge in [0.1, 0.15) is 5.82 Å². The van der Waals surface area contributed by atoms with Gasteiger partial charge in [0.2, 0.25) is 11.8 Å². The molecule has 2 heterocycles. The van der Waals surface area contributed by atoms with Crippen molar-refractivity contribution < 1.29 is 9.59 Å². The minimum Gasteiger partial charge on any atom is -0.355 e. The second-order valence-electron chi connectivity index (χ2n) is 6.92. The monoisotopic (exact) mass is 362 g/mol. The van der Waals surface area contributed by atoms with E-state index in [2.05, 4.69) is 15.3 Å². The first-order chi connectivity index (χ1) is 13.1. The van der Waals surface area contributed by atoms with Crippen LogP contribution in [0.2, 0.25) is 0 Å². The van der Waals surface area contributed by atoms with Gasteiger partial charge in [0.15, 0.2) is 0 Å². The van der Waals surface area contributed by atoms with Crippen molar-refractivity contribution in [2.75, 3.05) is 18.5 Å². The SMILES string of the molecule is CN1C(=O)C[C@@H](CNC(=O)CCc2nc3ccccc3[nH]2)c2ccccc21. The van der Waals surface area contributed by atoms with Gasteiger partial charge in [0, 0.05) is 44.5 Å². The number of fused-ring (bicyclic) bond motifs is 2. The Bertz CT molecular complexity index is 962. The van der Waals surface area contributed by atoms with Crippen LogP contribution < -0.4 is 10.2 Å². The van der Waals surface area contributed by atoms with E-state index in [9.17, 15) is 9.59 Å². The van der Waals surface area contributed by atoms with Crippen LogP contribution in [-0.4, -0.2) is 35.4 Å². The van der Waals surface area contributed by atoms with E-state index in [0.29, 0.717) is 25.8 Å². The summed E-state index contributed by atoms with van der Waals surface area (Å²) in [6, 6.07) is 15.7. The highest BCUT2D eigenvalue weighted by Crippen LogP contribution is 2.34. The van der Waals surface area contributed by atoms with Crippen molar-refractivity contribution in [3.05, 3.63) is 59.9 Å². The number of aromatic nitrogens is 2. The summed E-state index contributed by atoms with van der Waals surface area (Å²) in [5.41, 5.74) is 3.93. The predicted octanol–water partition coefficient (Wildman–Crippen LogP) is 2.76. The summed E-state index contributed by atoms with van der Waals surface area (Å²) in [7, 11) is 1.79. The molecule has 2 N–H and O–H groups in total. The molecule has 0 bridgehead atoms. The molecule has 0 radical (unpaired) electrons. The Labute approximate surface area is 157 Å². The summed E-state index contributed by atoms with van der Waals surface area (Å²) >= 11 is 0. The van der Waals surface area contributed by atoms with Crippen LogP contribution in [0.15, 0.2) is 48.5 Å².